The average molecular weight is 351 g/mol. The lowest BCUT2D eigenvalue weighted by atomic mass is 9.48. The fourth-order valence-electron chi connectivity index (χ4n) is 5.33. The number of carbonyl (C=O) groups excluding carboxylic acids is 3. The molecule has 4 fully saturated rings. The highest BCUT2D eigenvalue weighted by Gasteiger charge is 2.64. The van der Waals surface area contributed by atoms with Gasteiger partial charge in [0, 0.05) is 11.8 Å². The zero-order valence-corrected chi connectivity index (χ0v) is 13.7. The fourth-order valence-corrected chi connectivity index (χ4v) is 6.93. The zero-order valence-electron chi connectivity index (χ0n) is 12.9. The summed E-state index contributed by atoms with van der Waals surface area (Å²) in [7, 11) is -4.17. The van der Waals surface area contributed by atoms with Crippen LogP contribution in [0.4, 0.5) is 0 Å². The van der Waals surface area contributed by atoms with Gasteiger partial charge in [0.25, 0.3) is 21.9 Å². The number of carbonyl (C=O) groups is 3. The molecular formula is C16H17NO6S. The van der Waals surface area contributed by atoms with Crippen molar-refractivity contribution in [2.24, 2.45) is 35.0 Å². The van der Waals surface area contributed by atoms with Crippen LogP contribution in [0.1, 0.15) is 25.7 Å². The normalized spacial score (nSPS) is 45.2. The van der Waals surface area contributed by atoms with Crippen molar-refractivity contribution in [1.29, 1.82) is 0 Å². The molecule has 1 heterocycles. The van der Waals surface area contributed by atoms with Gasteiger partial charge >= 0.3 is 0 Å². The van der Waals surface area contributed by atoms with Gasteiger partial charge in [-0.15, -0.1) is 9.35 Å². The Balaban J connectivity index is 1.36. The number of allylic oxidation sites excluding steroid dienone is 2. The van der Waals surface area contributed by atoms with E-state index in [0.29, 0.717) is 17.9 Å². The molecular weight excluding hydrogens is 334 g/mol. The van der Waals surface area contributed by atoms with E-state index < -0.39 is 44.9 Å². The van der Waals surface area contributed by atoms with Crippen LogP contribution in [0.3, 0.4) is 0 Å². The summed E-state index contributed by atoms with van der Waals surface area (Å²) in [5, 5.41) is 0.449. The van der Waals surface area contributed by atoms with Gasteiger partial charge < -0.3 is 0 Å². The summed E-state index contributed by atoms with van der Waals surface area (Å²) in [4.78, 5) is 36.8. The molecule has 4 aliphatic carbocycles. The third-order valence-electron chi connectivity index (χ3n) is 6.76. The summed E-state index contributed by atoms with van der Waals surface area (Å²) < 4.78 is 29.7. The average Bonchev–Trinajstić information content (AvgIpc) is 3.19. The minimum atomic E-state index is -4.17. The molecule has 0 aromatic rings. The standard InChI is InChI=1S/C16H17NO6S/c18-11-6-10-3-4-16(10,11)7-24(21,22)23-17-14(19)12-8-1-2-9(5-8)13(12)15(17)20/h1-2,8-10,12-13H,3-7H2. The molecule has 5 aliphatic rings. The van der Waals surface area contributed by atoms with Crippen LogP contribution in [0.5, 0.6) is 0 Å². The van der Waals surface area contributed by atoms with E-state index in [4.69, 9.17) is 4.28 Å². The van der Waals surface area contributed by atoms with Crippen LogP contribution < -0.4 is 0 Å². The van der Waals surface area contributed by atoms with E-state index in [1.54, 1.807) is 0 Å². The first-order valence-electron chi connectivity index (χ1n) is 8.34. The van der Waals surface area contributed by atoms with Crippen molar-refractivity contribution in [1.82, 2.24) is 5.06 Å². The highest BCUT2D eigenvalue weighted by molar-refractivity contribution is 7.86. The Hall–Kier alpha value is -1.54. The molecule has 3 saturated carbocycles. The molecule has 24 heavy (non-hydrogen) atoms. The Bertz CT molecular complexity index is 786. The monoisotopic (exact) mass is 351 g/mol. The quantitative estimate of drug-likeness (QED) is 0.538. The van der Waals surface area contributed by atoms with E-state index in [-0.39, 0.29) is 23.5 Å². The van der Waals surface area contributed by atoms with E-state index in [2.05, 4.69) is 0 Å². The molecule has 0 radical (unpaired) electrons. The number of nitrogens with zero attached hydrogens (tertiary/aromatic N) is 1. The van der Waals surface area contributed by atoms with Crippen LogP contribution in [0.15, 0.2) is 12.2 Å². The van der Waals surface area contributed by atoms with Crippen molar-refractivity contribution in [2.75, 3.05) is 5.75 Å². The summed E-state index contributed by atoms with van der Waals surface area (Å²) >= 11 is 0. The molecule has 0 N–H and O–H groups in total. The fraction of sp³-hybridized carbons (Fsp3) is 0.688. The van der Waals surface area contributed by atoms with Crippen LogP contribution in [0, 0.1) is 35.0 Å². The second-order valence-corrected chi connectivity index (χ2v) is 9.32. The lowest BCUT2D eigenvalue weighted by Gasteiger charge is -2.56. The van der Waals surface area contributed by atoms with E-state index in [0.717, 1.165) is 12.8 Å². The summed E-state index contributed by atoms with van der Waals surface area (Å²) in [6.45, 7) is 0. The minimum Gasteiger partial charge on any atom is -0.299 e. The molecule has 8 heteroatoms. The summed E-state index contributed by atoms with van der Waals surface area (Å²) in [5.41, 5.74) is -0.832. The Morgan fingerprint density at radius 3 is 2.21 bits per heavy atom. The number of hydroxylamine groups is 2. The third-order valence-corrected chi connectivity index (χ3v) is 8.00. The largest absolute Gasteiger partial charge is 0.299 e. The maximum atomic E-state index is 12.5. The number of rotatable bonds is 4. The second kappa shape index (κ2) is 4.35. The molecule has 5 rings (SSSR count). The topological polar surface area (TPSA) is 97.8 Å². The first kappa shape index (κ1) is 14.8. The number of imide groups is 1. The van der Waals surface area contributed by atoms with E-state index in [1.165, 1.54) is 0 Å². The maximum absolute atomic E-state index is 12.5. The van der Waals surface area contributed by atoms with Crippen molar-refractivity contribution in [3.8, 4) is 0 Å². The lowest BCUT2D eigenvalue weighted by Crippen LogP contribution is -2.61. The van der Waals surface area contributed by atoms with Crippen LogP contribution >= 0.6 is 0 Å². The Labute approximate surface area is 139 Å². The van der Waals surface area contributed by atoms with E-state index in [9.17, 15) is 22.8 Å². The minimum absolute atomic E-state index is 0.00410. The molecule has 0 aromatic heterocycles. The molecule has 1 aliphatic heterocycles. The summed E-state index contributed by atoms with van der Waals surface area (Å²) in [6, 6.07) is 0. The SMILES string of the molecule is O=C1C2C3C=CC(C3)C2C(=O)N1OS(=O)(=O)CC12CCC1CC2=O. The molecule has 128 valence electrons. The number of hydrogen-bond acceptors (Lipinski definition) is 6. The van der Waals surface area contributed by atoms with Crippen molar-refractivity contribution >= 4 is 27.7 Å². The summed E-state index contributed by atoms with van der Waals surface area (Å²) in [6.07, 6.45) is 6.45. The van der Waals surface area contributed by atoms with E-state index >= 15 is 0 Å². The second-order valence-electron chi connectivity index (χ2n) is 7.77. The molecule has 2 bridgehead atoms. The Kier molecular flexibility index (Phi) is 2.68. The lowest BCUT2D eigenvalue weighted by molar-refractivity contribution is -0.167. The van der Waals surface area contributed by atoms with Gasteiger partial charge in [-0.3, -0.25) is 14.4 Å². The highest BCUT2D eigenvalue weighted by Crippen LogP contribution is 2.59. The van der Waals surface area contributed by atoms with Crippen LogP contribution in [0.25, 0.3) is 0 Å². The third kappa shape index (κ3) is 1.65. The Morgan fingerprint density at radius 2 is 1.75 bits per heavy atom. The molecule has 6 atom stereocenters. The van der Waals surface area contributed by atoms with Crippen molar-refractivity contribution in [2.45, 2.75) is 25.7 Å². The molecule has 0 spiro atoms. The van der Waals surface area contributed by atoms with E-state index in [1.807, 2.05) is 12.2 Å². The van der Waals surface area contributed by atoms with Crippen LogP contribution in [-0.2, 0) is 28.8 Å². The van der Waals surface area contributed by atoms with Crippen LogP contribution in [0.2, 0.25) is 0 Å². The predicted octanol–water partition coefficient (Wildman–Crippen LogP) is 0.424. The Morgan fingerprint density at radius 1 is 1.12 bits per heavy atom. The first-order valence-corrected chi connectivity index (χ1v) is 9.92. The van der Waals surface area contributed by atoms with Gasteiger partial charge in [0.15, 0.2) is 0 Å². The molecule has 6 unspecified atom stereocenters. The van der Waals surface area contributed by atoms with Crippen LogP contribution in [-0.4, -0.2) is 36.8 Å². The van der Waals surface area contributed by atoms with Gasteiger partial charge in [0.05, 0.1) is 17.6 Å². The number of ketones is 1. The molecule has 7 nitrogen and oxygen atoms in total. The first-order chi connectivity index (χ1) is 11.3. The van der Waals surface area contributed by atoms with Gasteiger partial charge in [0.1, 0.15) is 5.78 Å². The number of hydrogen-bond donors (Lipinski definition) is 0. The van der Waals surface area contributed by atoms with Crippen molar-refractivity contribution in [3.63, 3.8) is 0 Å². The zero-order chi connectivity index (χ0) is 16.9. The number of fused-ring (bicyclic) bond motifs is 6. The van der Waals surface area contributed by atoms with Crippen molar-refractivity contribution in [3.05, 3.63) is 12.2 Å². The van der Waals surface area contributed by atoms with Gasteiger partial charge in [-0.25, -0.2) is 0 Å². The smallest absolute Gasteiger partial charge is 0.289 e. The molecule has 2 amide bonds. The maximum Gasteiger partial charge on any atom is 0.289 e. The van der Waals surface area contributed by atoms with Gasteiger partial charge in [0.2, 0.25) is 0 Å². The van der Waals surface area contributed by atoms with Gasteiger partial charge in [-0.05, 0) is 37.0 Å². The predicted molar refractivity (Wildman–Crippen MR) is 79.2 cm³/mol. The highest BCUT2D eigenvalue weighted by atomic mass is 32.2. The molecule has 0 aromatic carbocycles. The number of Topliss-reactive ketones (excluding diaryl/α,β-unsaturated/α-hetero) is 1. The number of amides is 2. The van der Waals surface area contributed by atoms with Gasteiger partial charge in [-0.1, -0.05) is 12.2 Å². The van der Waals surface area contributed by atoms with Gasteiger partial charge in [-0.2, -0.15) is 8.42 Å². The summed E-state index contributed by atoms with van der Waals surface area (Å²) in [5.74, 6) is -2.50. The van der Waals surface area contributed by atoms with Crippen molar-refractivity contribution < 1.29 is 27.1 Å². The molecule has 1 saturated heterocycles.